The molecule has 5 aromatic rings. The van der Waals surface area contributed by atoms with Crippen molar-refractivity contribution in [2.75, 3.05) is 0 Å². The van der Waals surface area contributed by atoms with Crippen molar-refractivity contribution in [1.29, 1.82) is 0 Å². The number of nitrogens with zero attached hydrogens (tertiary/aromatic N) is 2. The Morgan fingerprint density at radius 3 is 2.65 bits per heavy atom. The van der Waals surface area contributed by atoms with Crippen molar-refractivity contribution < 1.29 is 9.26 Å². The van der Waals surface area contributed by atoms with Crippen LogP contribution in [0.5, 0.6) is 5.75 Å². The number of nitrogens with one attached hydrogen (secondary N) is 1. The Bertz CT molecular complexity index is 1430. The summed E-state index contributed by atoms with van der Waals surface area (Å²) in [5, 5.41) is 3.88. The van der Waals surface area contributed by atoms with E-state index in [1.54, 1.807) is 42.7 Å². The van der Waals surface area contributed by atoms with Crippen LogP contribution in [-0.4, -0.2) is 15.1 Å². The molecule has 0 atom stereocenters. The van der Waals surface area contributed by atoms with E-state index >= 15 is 0 Å². The highest BCUT2D eigenvalue weighted by Gasteiger charge is 2.18. The zero-order valence-corrected chi connectivity index (χ0v) is 17.0. The minimum Gasteiger partial charge on any atom is -0.486 e. The van der Waals surface area contributed by atoms with Gasteiger partial charge in [-0.25, -0.2) is 4.98 Å². The summed E-state index contributed by atoms with van der Waals surface area (Å²) >= 11 is 6.46. The van der Waals surface area contributed by atoms with Crippen LogP contribution in [0.25, 0.3) is 33.4 Å². The molecule has 0 bridgehead atoms. The van der Waals surface area contributed by atoms with Crippen LogP contribution in [0.1, 0.15) is 5.69 Å². The fourth-order valence-electron chi connectivity index (χ4n) is 3.39. The Labute approximate surface area is 182 Å². The van der Waals surface area contributed by atoms with Gasteiger partial charge in [0.05, 0.1) is 21.8 Å². The molecule has 31 heavy (non-hydrogen) atoms. The number of H-pyrrole nitrogens is 1. The Hall–Kier alpha value is -3.90. The highest BCUT2D eigenvalue weighted by atomic mass is 35.5. The highest BCUT2D eigenvalue weighted by Crippen LogP contribution is 2.34. The third kappa shape index (κ3) is 3.81. The van der Waals surface area contributed by atoms with Crippen LogP contribution in [0.4, 0.5) is 0 Å². The first-order chi connectivity index (χ1) is 15.2. The van der Waals surface area contributed by atoms with Gasteiger partial charge in [0.1, 0.15) is 12.4 Å². The van der Waals surface area contributed by atoms with E-state index in [9.17, 15) is 4.79 Å². The lowest BCUT2D eigenvalue weighted by atomic mass is 10.0. The molecular weight excluding hydrogens is 414 g/mol. The third-order valence-corrected chi connectivity index (χ3v) is 5.19. The average molecular weight is 430 g/mol. The number of pyridine rings is 2. The summed E-state index contributed by atoms with van der Waals surface area (Å²) in [6.45, 7) is 0.283. The van der Waals surface area contributed by atoms with Crippen LogP contribution in [-0.2, 0) is 6.61 Å². The molecule has 2 aromatic carbocycles. The number of rotatable bonds is 5. The Balaban J connectivity index is 1.40. The molecule has 1 N–H and O–H groups in total. The number of fused-ring (bicyclic) bond motifs is 1. The molecule has 0 saturated carbocycles. The van der Waals surface area contributed by atoms with Gasteiger partial charge in [-0.05, 0) is 48.0 Å². The molecule has 0 spiro atoms. The largest absolute Gasteiger partial charge is 0.486 e. The number of aromatic amines is 1. The zero-order chi connectivity index (χ0) is 21.2. The maximum absolute atomic E-state index is 12.3. The molecule has 0 amide bonds. The van der Waals surface area contributed by atoms with Crippen LogP contribution >= 0.6 is 11.6 Å². The van der Waals surface area contributed by atoms with Crippen molar-refractivity contribution in [3.8, 4) is 28.2 Å². The van der Waals surface area contributed by atoms with E-state index in [1.807, 2.05) is 36.4 Å². The zero-order valence-electron chi connectivity index (χ0n) is 16.2. The van der Waals surface area contributed by atoms with Crippen LogP contribution in [0.15, 0.2) is 88.4 Å². The normalized spacial score (nSPS) is 11.0. The number of benzene rings is 2. The molecule has 0 radical (unpaired) electrons. The van der Waals surface area contributed by atoms with E-state index in [1.165, 1.54) is 0 Å². The number of hydrogen-bond donors (Lipinski definition) is 1. The average Bonchev–Trinajstić information content (AvgIpc) is 3.20. The molecule has 6 nitrogen and oxygen atoms in total. The lowest BCUT2D eigenvalue weighted by molar-refractivity contribution is 0.302. The van der Waals surface area contributed by atoms with Gasteiger partial charge in [-0.3, -0.25) is 9.78 Å². The second-order valence-electron chi connectivity index (χ2n) is 6.90. The van der Waals surface area contributed by atoms with Gasteiger partial charge in [0.15, 0.2) is 5.76 Å². The van der Waals surface area contributed by atoms with Gasteiger partial charge in [-0.1, -0.05) is 35.9 Å². The van der Waals surface area contributed by atoms with E-state index in [-0.39, 0.29) is 12.2 Å². The predicted octanol–water partition coefficient (Wildman–Crippen LogP) is 5.48. The quantitative estimate of drug-likeness (QED) is 0.400. The van der Waals surface area contributed by atoms with Gasteiger partial charge < -0.3 is 9.26 Å². The monoisotopic (exact) mass is 429 g/mol. The van der Waals surface area contributed by atoms with Crippen LogP contribution in [0, 0.1) is 0 Å². The summed E-state index contributed by atoms with van der Waals surface area (Å²) in [5.74, 6) is 0.921. The fraction of sp³-hybridized carbons (Fsp3) is 0.0417. The molecule has 0 aliphatic rings. The minimum absolute atomic E-state index is 0.283. The molecular formula is C24H16ClN3O3. The molecule has 7 heteroatoms. The molecule has 0 aliphatic heterocycles. The van der Waals surface area contributed by atoms with E-state index in [4.69, 9.17) is 20.9 Å². The van der Waals surface area contributed by atoms with Crippen molar-refractivity contribution in [1.82, 2.24) is 15.1 Å². The summed E-state index contributed by atoms with van der Waals surface area (Å²) in [7, 11) is 0. The number of halogens is 1. The third-order valence-electron chi connectivity index (χ3n) is 4.89. The molecule has 0 aliphatic carbocycles. The number of hydrogen-bond acceptors (Lipinski definition) is 5. The first kappa shape index (κ1) is 19.1. The van der Waals surface area contributed by atoms with Crippen LogP contribution in [0.3, 0.4) is 0 Å². The van der Waals surface area contributed by atoms with Crippen LogP contribution < -0.4 is 10.3 Å². The second kappa shape index (κ2) is 8.08. The summed E-state index contributed by atoms with van der Waals surface area (Å²) in [4.78, 5) is 20.9. The van der Waals surface area contributed by atoms with Gasteiger partial charge in [0.2, 0.25) is 0 Å². The lowest BCUT2D eigenvalue weighted by Crippen LogP contribution is -2.01. The first-order valence-corrected chi connectivity index (χ1v) is 9.96. The maximum Gasteiger partial charge on any atom is 0.288 e. The van der Waals surface area contributed by atoms with Crippen molar-refractivity contribution in [2.24, 2.45) is 0 Å². The van der Waals surface area contributed by atoms with Gasteiger partial charge in [-0.2, -0.15) is 5.16 Å². The maximum atomic E-state index is 12.3. The van der Waals surface area contributed by atoms with E-state index in [0.717, 1.165) is 16.6 Å². The standard InChI is InChI=1S/C24H16ClN3O3/c25-19-13-17(23-22(24(29)28-31-23)16-9-11-26-12-10-16)6-8-21(19)30-14-18-7-5-15-3-1-2-4-20(15)27-18/h1-13H,14H2,(H,28,29). The molecule has 0 fully saturated rings. The number of para-hydroxylation sites is 1. The van der Waals surface area contributed by atoms with Crippen molar-refractivity contribution in [3.63, 3.8) is 0 Å². The van der Waals surface area contributed by atoms with Gasteiger partial charge in [0, 0.05) is 23.3 Å². The topological polar surface area (TPSA) is 81.0 Å². The second-order valence-corrected chi connectivity index (χ2v) is 7.31. The molecule has 3 aromatic heterocycles. The molecule has 152 valence electrons. The van der Waals surface area contributed by atoms with Crippen molar-refractivity contribution >= 4 is 22.5 Å². The molecule has 5 rings (SSSR count). The molecule has 3 heterocycles. The van der Waals surface area contributed by atoms with Crippen molar-refractivity contribution in [3.05, 3.63) is 100 Å². The smallest absolute Gasteiger partial charge is 0.288 e. The number of ether oxygens (including phenoxy) is 1. The SMILES string of the molecule is O=c1[nH]oc(-c2ccc(OCc3ccc4ccccc4n3)c(Cl)c2)c1-c1ccncc1. The van der Waals surface area contributed by atoms with Crippen LogP contribution in [0.2, 0.25) is 5.02 Å². The Morgan fingerprint density at radius 1 is 0.968 bits per heavy atom. The fourth-order valence-corrected chi connectivity index (χ4v) is 3.62. The summed E-state index contributed by atoms with van der Waals surface area (Å²) in [6.07, 6.45) is 3.24. The molecule has 0 unspecified atom stereocenters. The number of aromatic nitrogens is 3. The Kier molecular flexibility index (Phi) is 4.98. The highest BCUT2D eigenvalue weighted by molar-refractivity contribution is 6.32. The summed E-state index contributed by atoms with van der Waals surface area (Å²) in [5.41, 5.74) is 3.18. The predicted molar refractivity (Wildman–Crippen MR) is 119 cm³/mol. The van der Waals surface area contributed by atoms with Gasteiger partial charge in [0.25, 0.3) is 5.56 Å². The molecule has 0 saturated heterocycles. The summed E-state index contributed by atoms with van der Waals surface area (Å²) < 4.78 is 11.3. The van der Waals surface area contributed by atoms with Gasteiger partial charge >= 0.3 is 0 Å². The van der Waals surface area contributed by atoms with E-state index < -0.39 is 0 Å². The first-order valence-electron chi connectivity index (χ1n) is 9.58. The van der Waals surface area contributed by atoms with E-state index in [0.29, 0.717) is 33.2 Å². The van der Waals surface area contributed by atoms with E-state index in [2.05, 4.69) is 15.1 Å². The lowest BCUT2D eigenvalue weighted by Gasteiger charge is -2.10. The summed E-state index contributed by atoms with van der Waals surface area (Å²) in [6, 6.07) is 20.6. The van der Waals surface area contributed by atoms with Crippen molar-refractivity contribution in [2.45, 2.75) is 6.61 Å². The minimum atomic E-state index is -0.319. The van der Waals surface area contributed by atoms with Gasteiger partial charge in [-0.15, -0.1) is 0 Å². The Morgan fingerprint density at radius 2 is 1.81 bits per heavy atom.